The number of ether oxygens (including phenoxy) is 2. The van der Waals surface area contributed by atoms with Gasteiger partial charge in [0.1, 0.15) is 23.3 Å². The van der Waals surface area contributed by atoms with E-state index >= 15 is 0 Å². The molecule has 2 unspecified atom stereocenters. The highest BCUT2D eigenvalue weighted by molar-refractivity contribution is 5.87. The second-order valence-corrected chi connectivity index (χ2v) is 12.1. The van der Waals surface area contributed by atoms with Gasteiger partial charge in [-0.15, -0.1) is 0 Å². The van der Waals surface area contributed by atoms with Gasteiger partial charge in [-0.1, -0.05) is 12.1 Å². The number of carboxylic acids is 1. The van der Waals surface area contributed by atoms with Crippen molar-refractivity contribution in [3.8, 4) is 0 Å². The molecule has 43 heavy (non-hydrogen) atoms. The molecule has 0 aliphatic carbocycles. The Morgan fingerprint density at radius 1 is 0.791 bits per heavy atom. The van der Waals surface area contributed by atoms with Crippen molar-refractivity contribution in [1.29, 1.82) is 0 Å². The molecule has 0 aromatic carbocycles. The average Bonchev–Trinajstić information content (AvgIpc) is 2.91. The van der Waals surface area contributed by atoms with Crippen molar-refractivity contribution in [3.63, 3.8) is 0 Å². The zero-order valence-corrected chi connectivity index (χ0v) is 25.9. The van der Waals surface area contributed by atoms with Crippen LogP contribution >= 0.6 is 0 Å². The van der Waals surface area contributed by atoms with Crippen LogP contribution in [0.3, 0.4) is 0 Å². The molecule has 0 radical (unpaired) electrons. The van der Waals surface area contributed by atoms with Gasteiger partial charge in [0, 0.05) is 18.8 Å². The number of aliphatic carboxylic acids is 1. The van der Waals surface area contributed by atoms with E-state index in [0.717, 1.165) is 11.4 Å². The van der Waals surface area contributed by atoms with Gasteiger partial charge in [0.05, 0.1) is 17.4 Å². The molecule has 2 aromatic heterocycles. The Labute approximate surface area is 253 Å². The van der Waals surface area contributed by atoms with E-state index in [9.17, 15) is 24.3 Å². The molecule has 0 fully saturated rings. The largest absolute Gasteiger partial charge is 0.480 e. The molecule has 2 aromatic rings. The van der Waals surface area contributed by atoms with E-state index in [1.54, 1.807) is 53.9 Å². The van der Waals surface area contributed by atoms with Crippen molar-refractivity contribution in [1.82, 2.24) is 25.9 Å². The van der Waals surface area contributed by atoms with Gasteiger partial charge in [0.25, 0.3) is 0 Å². The molecule has 0 aliphatic rings. The highest BCUT2D eigenvalue weighted by Crippen LogP contribution is 2.18. The molecule has 0 saturated heterocycles. The summed E-state index contributed by atoms with van der Waals surface area (Å²) in [4.78, 5) is 58.5. The molecule has 0 aliphatic heterocycles. The van der Waals surface area contributed by atoms with Crippen molar-refractivity contribution in [2.24, 2.45) is 0 Å². The minimum Gasteiger partial charge on any atom is -0.480 e. The molecule has 4 N–H and O–H groups in total. The molecular weight excluding hydrogens is 554 g/mol. The highest BCUT2D eigenvalue weighted by atomic mass is 16.6. The van der Waals surface area contributed by atoms with Crippen molar-refractivity contribution >= 4 is 23.9 Å². The molecule has 2 atom stereocenters. The van der Waals surface area contributed by atoms with Crippen LogP contribution in [-0.4, -0.2) is 68.8 Å². The first-order valence-corrected chi connectivity index (χ1v) is 14.4. The second-order valence-electron chi connectivity index (χ2n) is 12.1. The Morgan fingerprint density at radius 3 is 1.84 bits per heavy atom. The third kappa shape index (κ3) is 14.1. The fourth-order valence-electron chi connectivity index (χ4n) is 4.07. The monoisotopic (exact) mass is 599 g/mol. The number of rotatable bonds is 15. The summed E-state index contributed by atoms with van der Waals surface area (Å²) in [6, 6.07) is 7.85. The van der Waals surface area contributed by atoms with E-state index in [-0.39, 0.29) is 25.3 Å². The normalized spacial score (nSPS) is 13.1. The summed E-state index contributed by atoms with van der Waals surface area (Å²) in [6.07, 6.45) is 4.49. The first kappa shape index (κ1) is 35.1. The third-order valence-corrected chi connectivity index (χ3v) is 5.89. The number of pyridine rings is 2. The lowest BCUT2D eigenvalue weighted by Crippen LogP contribution is -2.52. The molecule has 2 rings (SSSR count). The first-order valence-electron chi connectivity index (χ1n) is 14.4. The molecule has 12 nitrogen and oxygen atoms in total. The van der Waals surface area contributed by atoms with Crippen LogP contribution in [0.4, 0.5) is 4.79 Å². The summed E-state index contributed by atoms with van der Waals surface area (Å²) >= 11 is 0. The zero-order valence-electron chi connectivity index (χ0n) is 25.9. The number of carbonyl (C=O) groups is 4. The van der Waals surface area contributed by atoms with Gasteiger partial charge >= 0.3 is 23.9 Å². The van der Waals surface area contributed by atoms with Crippen molar-refractivity contribution in [2.75, 3.05) is 6.54 Å². The number of hydrogen-bond acceptors (Lipinski definition) is 9. The predicted octanol–water partition coefficient (Wildman–Crippen LogP) is 3.91. The maximum absolute atomic E-state index is 12.8. The zero-order chi connectivity index (χ0) is 32.0. The van der Waals surface area contributed by atoms with E-state index in [1.165, 1.54) is 0 Å². The lowest BCUT2D eigenvalue weighted by Gasteiger charge is -2.25. The van der Waals surface area contributed by atoms with Gasteiger partial charge in [-0.25, -0.2) is 14.4 Å². The van der Waals surface area contributed by atoms with Crippen molar-refractivity contribution < 1.29 is 33.8 Å². The average molecular weight is 600 g/mol. The SMILES string of the molecule is CC(C)(C)OC(=O)CCC(NC(=O)NC(CCCCNC(c1ccccn1)c1ccccn1)C(=O)O)C(=O)OC(C)(C)C. The number of nitrogens with zero attached hydrogens (tertiary/aromatic N) is 2. The van der Waals surface area contributed by atoms with Crippen LogP contribution in [0.25, 0.3) is 0 Å². The van der Waals surface area contributed by atoms with Crippen LogP contribution in [0.2, 0.25) is 0 Å². The Bertz CT molecular complexity index is 1140. The fourth-order valence-corrected chi connectivity index (χ4v) is 4.07. The summed E-state index contributed by atoms with van der Waals surface area (Å²) in [5, 5.41) is 18.0. The first-order chi connectivity index (χ1) is 20.1. The number of esters is 2. The van der Waals surface area contributed by atoms with Crippen LogP contribution in [0.15, 0.2) is 48.8 Å². The Hall–Kier alpha value is -4.06. The predicted molar refractivity (Wildman–Crippen MR) is 160 cm³/mol. The lowest BCUT2D eigenvalue weighted by atomic mass is 10.1. The van der Waals surface area contributed by atoms with Gasteiger partial charge < -0.3 is 30.5 Å². The third-order valence-electron chi connectivity index (χ3n) is 5.89. The van der Waals surface area contributed by atoms with Gasteiger partial charge in [-0.3, -0.25) is 14.8 Å². The van der Waals surface area contributed by atoms with Crippen molar-refractivity contribution in [2.45, 2.75) is 103 Å². The smallest absolute Gasteiger partial charge is 0.329 e. The van der Waals surface area contributed by atoms with Crippen LogP contribution < -0.4 is 16.0 Å². The van der Waals surface area contributed by atoms with E-state index in [1.807, 2.05) is 36.4 Å². The summed E-state index contributed by atoms with van der Waals surface area (Å²) in [5.74, 6) is -2.47. The van der Waals surface area contributed by atoms with Crippen molar-refractivity contribution in [3.05, 3.63) is 60.2 Å². The minimum absolute atomic E-state index is 0.0750. The summed E-state index contributed by atoms with van der Waals surface area (Å²) in [7, 11) is 0. The van der Waals surface area contributed by atoms with E-state index < -0.39 is 47.2 Å². The van der Waals surface area contributed by atoms with E-state index in [2.05, 4.69) is 25.9 Å². The minimum atomic E-state index is -1.20. The van der Waals surface area contributed by atoms with Crippen LogP contribution in [0.5, 0.6) is 0 Å². The topological polar surface area (TPSA) is 169 Å². The molecular formula is C31H45N5O7. The Morgan fingerprint density at radius 2 is 1.35 bits per heavy atom. The number of carboxylic acid groups (broad SMARTS) is 1. The van der Waals surface area contributed by atoms with Crippen LogP contribution in [0.1, 0.15) is 91.1 Å². The van der Waals surface area contributed by atoms with Gasteiger partial charge in [0.2, 0.25) is 0 Å². The quantitative estimate of drug-likeness (QED) is 0.174. The lowest BCUT2D eigenvalue weighted by molar-refractivity contribution is -0.158. The molecule has 0 bridgehead atoms. The standard InChI is InChI=1S/C31H45N5O7/c1-30(2,3)42-25(37)17-16-24(28(40)43-31(4,5)6)36-29(41)35-23(27(38)39)15-9-12-20-34-26(21-13-7-10-18-32-21)22-14-8-11-19-33-22/h7-8,10-11,13-14,18-19,23-24,26,34H,9,12,15-17,20H2,1-6H3,(H,38,39)(H2,35,36,41). The maximum atomic E-state index is 12.8. The van der Waals surface area contributed by atoms with Crippen LogP contribution in [0, 0.1) is 0 Å². The van der Waals surface area contributed by atoms with Gasteiger partial charge in [-0.05, 0) is 98.0 Å². The second kappa shape index (κ2) is 16.5. The summed E-state index contributed by atoms with van der Waals surface area (Å²) in [6.45, 7) is 10.8. The molecule has 0 spiro atoms. The molecule has 0 saturated carbocycles. The number of aromatic nitrogens is 2. The maximum Gasteiger partial charge on any atom is 0.329 e. The number of amides is 2. The molecule has 2 amide bonds. The van der Waals surface area contributed by atoms with Crippen LogP contribution in [-0.2, 0) is 23.9 Å². The van der Waals surface area contributed by atoms with Gasteiger partial charge in [-0.2, -0.15) is 0 Å². The summed E-state index contributed by atoms with van der Waals surface area (Å²) in [5.41, 5.74) is 0.0949. The Kier molecular flexibility index (Phi) is 13.5. The number of hydrogen-bond donors (Lipinski definition) is 4. The number of nitrogens with one attached hydrogen (secondary N) is 3. The fraction of sp³-hybridized carbons (Fsp3) is 0.548. The number of unbranched alkanes of at least 4 members (excludes halogenated alkanes) is 1. The molecule has 12 heteroatoms. The van der Waals surface area contributed by atoms with E-state index in [0.29, 0.717) is 19.4 Å². The van der Waals surface area contributed by atoms with Gasteiger partial charge in [0.15, 0.2) is 0 Å². The number of carbonyl (C=O) groups excluding carboxylic acids is 3. The molecule has 236 valence electrons. The summed E-state index contributed by atoms with van der Waals surface area (Å²) < 4.78 is 10.7. The number of urea groups is 1. The molecule has 2 heterocycles. The highest BCUT2D eigenvalue weighted by Gasteiger charge is 2.29. The van der Waals surface area contributed by atoms with E-state index in [4.69, 9.17) is 9.47 Å². The Balaban J connectivity index is 1.93.